The van der Waals surface area contributed by atoms with E-state index >= 15 is 0 Å². The summed E-state index contributed by atoms with van der Waals surface area (Å²) in [6, 6.07) is 7.59. The number of amides is 1. The monoisotopic (exact) mass is 263 g/mol. The number of ether oxygens (including phenoxy) is 1. The first-order valence-corrected chi connectivity index (χ1v) is 6.23. The summed E-state index contributed by atoms with van der Waals surface area (Å²) in [4.78, 5) is 12.5. The largest absolute Gasteiger partial charge is 0.384 e. The number of nitrogens with one attached hydrogen (secondary N) is 1. The second-order valence-electron chi connectivity index (χ2n) is 3.65. The van der Waals surface area contributed by atoms with Crippen LogP contribution in [0.25, 0.3) is 10.4 Å². The fourth-order valence-corrected chi connectivity index (χ4v) is 1.95. The normalized spacial score (nSPS) is 10.3. The van der Waals surface area contributed by atoms with E-state index in [0.29, 0.717) is 13.0 Å². The molecule has 0 atom stereocenters. The topological polar surface area (TPSA) is 64.1 Å². The van der Waals surface area contributed by atoms with Gasteiger partial charge in [-0.15, -0.1) is 5.10 Å². The molecule has 6 heteroatoms. The minimum Gasteiger partial charge on any atom is -0.384 e. The van der Waals surface area contributed by atoms with Gasteiger partial charge < -0.3 is 10.1 Å². The molecule has 0 unspecified atom stereocenters. The molecule has 1 aromatic carbocycles. The summed E-state index contributed by atoms with van der Waals surface area (Å²) in [6.45, 7) is 0.427. The summed E-state index contributed by atoms with van der Waals surface area (Å²) in [5.74, 6) is -0.0518. The standard InChI is InChI=1S/C12H13N3O2S/c1-17-7-6-12(16)14-10-4-2-9(3-5-10)11-8-13-15-18-11/h2-5,8H,6-7H2,1H3,(H,14,16). The lowest BCUT2D eigenvalue weighted by atomic mass is 10.2. The van der Waals surface area contributed by atoms with E-state index in [9.17, 15) is 4.79 Å². The number of benzene rings is 1. The third-order valence-electron chi connectivity index (χ3n) is 2.35. The molecule has 18 heavy (non-hydrogen) atoms. The van der Waals surface area contributed by atoms with Crippen LogP contribution in [0.2, 0.25) is 0 Å². The number of carbonyl (C=O) groups is 1. The second kappa shape index (κ2) is 6.23. The number of aromatic nitrogens is 2. The first-order valence-electron chi connectivity index (χ1n) is 5.46. The Morgan fingerprint density at radius 1 is 1.39 bits per heavy atom. The third kappa shape index (κ3) is 3.35. The van der Waals surface area contributed by atoms with Crippen molar-refractivity contribution in [3.8, 4) is 10.4 Å². The summed E-state index contributed by atoms with van der Waals surface area (Å²) >= 11 is 1.34. The van der Waals surface area contributed by atoms with Crippen molar-refractivity contribution >= 4 is 23.1 Å². The van der Waals surface area contributed by atoms with Gasteiger partial charge in [0.2, 0.25) is 5.91 Å². The Morgan fingerprint density at radius 2 is 2.17 bits per heavy atom. The molecule has 0 fully saturated rings. The molecule has 1 amide bonds. The van der Waals surface area contributed by atoms with Crippen LogP contribution in [0, 0.1) is 0 Å². The van der Waals surface area contributed by atoms with E-state index in [4.69, 9.17) is 4.74 Å². The smallest absolute Gasteiger partial charge is 0.226 e. The van der Waals surface area contributed by atoms with Crippen molar-refractivity contribution in [2.75, 3.05) is 19.0 Å². The van der Waals surface area contributed by atoms with Crippen LogP contribution in [0.3, 0.4) is 0 Å². The Labute approximate surface area is 109 Å². The number of carbonyl (C=O) groups excluding carboxylic acids is 1. The summed E-state index contributed by atoms with van der Waals surface area (Å²) < 4.78 is 8.66. The molecule has 1 heterocycles. The highest BCUT2D eigenvalue weighted by Gasteiger charge is 2.03. The first kappa shape index (κ1) is 12.7. The Kier molecular flexibility index (Phi) is 4.38. The SMILES string of the molecule is COCCC(=O)Nc1ccc(-c2cnns2)cc1. The fraction of sp³-hybridized carbons (Fsp3) is 0.250. The lowest BCUT2D eigenvalue weighted by Gasteiger charge is -2.05. The molecule has 5 nitrogen and oxygen atoms in total. The van der Waals surface area contributed by atoms with Gasteiger partial charge >= 0.3 is 0 Å². The zero-order valence-electron chi connectivity index (χ0n) is 9.92. The first-order chi connectivity index (χ1) is 8.79. The van der Waals surface area contributed by atoms with Gasteiger partial charge in [0.1, 0.15) is 0 Å². The fourth-order valence-electron chi connectivity index (χ4n) is 1.43. The molecule has 0 bridgehead atoms. The van der Waals surface area contributed by atoms with Gasteiger partial charge in [-0.25, -0.2) is 0 Å². The van der Waals surface area contributed by atoms with E-state index in [0.717, 1.165) is 16.1 Å². The van der Waals surface area contributed by atoms with Crippen LogP contribution in [-0.4, -0.2) is 29.2 Å². The average Bonchev–Trinajstić information content (AvgIpc) is 2.91. The lowest BCUT2D eigenvalue weighted by Crippen LogP contribution is -2.13. The second-order valence-corrected chi connectivity index (χ2v) is 4.44. The van der Waals surface area contributed by atoms with Crippen molar-refractivity contribution in [2.45, 2.75) is 6.42 Å². The molecule has 0 aliphatic rings. The number of hydrogen-bond donors (Lipinski definition) is 1. The number of anilines is 1. The van der Waals surface area contributed by atoms with Crippen LogP contribution in [0.5, 0.6) is 0 Å². The van der Waals surface area contributed by atoms with Crippen LogP contribution in [0.1, 0.15) is 6.42 Å². The number of methoxy groups -OCH3 is 1. The molecule has 0 radical (unpaired) electrons. The van der Waals surface area contributed by atoms with E-state index in [1.54, 1.807) is 13.3 Å². The molecule has 2 aromatic rings. The molecular formula is C12H13N3O2S. The predicted molar refractivity (Wildman–Crippen MR) is 70.5 cm³/mol. The lowest BCUT2D eigenvalue weighted by molar-refractivity contribution is -0.117. The zero-order valence-corrected chi connectivity index (χ0v) is 10.7. The van der Waals surface area contributed by atoms with Gasteiger partial charge in [0.25, 0.3) is 0 Å². The Bertz CT molecular complexity index is 497. The van der Waals surface area contributed by atoms with Crippen molar-refractivity contribution in [3.63, 3.8) is 0 Å². The van der Waals surface area contributed by atoms with E-state index in [-0.39, 0.29) is 5.91 Å². The third-order valence-corrected chi connectivity index (χ3v) is 3.06. The van der Waals surface area contributed by atoms with E-state index in [1.807, 2.05) is 24.3 Å². The molecule has 1 aromatic heterocycles. The highest BCUT2D eigenvalue weighted by atomic mass is 32.1. The van der Waals surface area contributed by atoms with Crippen molar-refractivity contribution in [1.29, 1.82) is 0 Å². The quantitative estimate of drug-likeness (QED) is 0.898. The summed E-state index contributed by atoms with van der Waals surface area (Å²) in [5.41, 5.74) is 1.82. The van der Waals surface area contributed by atoms with Crippen molar-refractivity contribution in [3.05, 3.63) is 30.5 Å². The molecule has 0 aliphatic carbocycles. The molecule has 94 valence electrons. The highest BCUT2D eigenvalue weighted by molar-refractivity contribution is 7.09. The van der Waals surface area contributed by atoms with Gasteiger partial charge in [-0.1, -0.05) is 16.6 Å². The maximum atomic E-state index is 11.5. The number of rotatable bonds is 5. The molecule has 1 N–H and O–H groups in total. The molecule has 0 spiro atoms. The van der Waals surface area contributed by atoms with Gasteiger partial charge in [0.05, 0.1) is 24.1 Å². The summed E-state index contributed by atoms with van der Waals surface area (Å²) in [6.07, 6.45) is 2.08. The molecular weight excluding hydrogens is 250 g/mol. The molecule has 0 saturated heterocycles. The molecule has 0 saturated carbocycles. The number of nitrogens with zero attached hydrogens (tertiary/aromatic N) is 2. The minimum absolute atomic E-state index is 0.0518. The Hall–Kier alpha value is -1.79. The maximum absolute atomic E-state index is 11.5. The van der Waals surface area contributed by atoms with Crippen LogP contribution < -0.4 is 5.32 Å². The molecule has 0 aliphatic heterocycles. The Balaban J connectivity index is 1.98. The van der Waals surface area contributed by atoms with Crippen LogP contribution in [-0.2, 0) is 9.53 Å². The van der Waals surface area contributed by atoms with Crippen LogP contribution in [0.15, 0.2) is 30.5 Å². The van der Waals surface area contributed by atoms with Gasteiger partial charge in [0, 0.05) is 12.8 Å². The Morgan fingerprint density at radius 3 is 2.78 bits per heavy atom. The minimum atomic E-state index is -0.0518. The average molecular weight is 263 g/mol. The van der Waals surface area contributed by atoms with E-state index in [1.165, 1.54) is 11.5 Å². The van der Waals surface area contributed by atoms with Crippen molar-refractivity contribution in [2.24, 2.45) is 0 Å². The van der Waals surface area contributed by atoms with Crippen molar-refractivity contribution < 1.29 is 9.53 Å². The van der Waals surface area contributed by atoms with Crippen molar-refractivity contribution in [1.82, 2.24) is 9.59 Å². The zero-order chi connectivity index (χ0) is 12.8. The van der Waals surface area contributed by atoms with Crippen LogP contribution in [0.4, 0.5) is 5.69 Å². The summed E-state index contributed by atoms with van der Waals surface area (Å²) in [5, 5.41) is 6.59. The van der Waals surface area contributed by atoms with Crippen LogP contribution >= 0.6 is 11.5 Å². The highest BCUT2D eigenvalue weighted by Crippen LogP contribution is 2.23. The van der Waals surface area contributed by atoms with E-state index < -0.39 is 0 Å². The predicted octanol–water partition coefficient (Wildman–Crippen LogP) is 2.18. The van der Waals surface area contributed by atoms with E-state index in [2.05, 4.69) is 14.9 Å². The maximum Gasteiger partial charge on any atom is 0.226 e. The van der Waals surface area contributed by atoms with Gasteiger partial charge in [-0.3, -0.25) is 4.79 Å². The number of hydrogen-bond acceptors (Lipinski definition) is 5. The van der Waals surface area contributed by atoms with Gasteiger partial charge in [-0.2, -0.15) is 0 Å². The summed E-state index contributed by atoms with van der Waals surface area (Å²) in [7, 11) is 1.57. The van der Waals surface area contributed by atoms with Gasteiger partial charge in [0.15, 0.2) is 0 Å². The molecule has 2 rings (SSSR count). The van der Waals surface area contributed by atoms with Gasteiger partial charge in [-0.05, 0) is 29.2 Å².